The van der Waals surface area contributed by atoms with Gasteiger partial charge < -0.3 is 15.0 Å². The summed E-state index contributed by atoms with van der Waals surface area (Å²) in [6.45, 7) is 16.9. The van der Waals surface area contributed by atoms with E-state index in [0.29, 0.717) is 17.6 Å². The number of carbonyl (C=O) groups excluding carboxylic acids is 1. The highest BCUT2D eigenvalue weighted by Crippen LogP contribution is 2.31. The molecule has 0 atom stereocenters. The number of halogens is 1. The number of fused-ring (bicyclic) bond motifs is 1. The highest BCUT2D eigenvalue weighted by atomic mass is 35.5. The largest absolute Gasteiger partial charge is 0.444 e. The van der Waals surface area contributed by atoms with Gasteiger partial charge in [0.2, 0.25) is 5.95 Å². The molecule has 10 nitrogen and oxygen atoms in total. The van der Waals surface area contributed by atoms with E-state index in [1.54, 1.807) is 28.8 Å². The van der Waals surface area contributed by atoms with Crippen LogP contribution in [0.1, 0.15) is 59.1 Å². The van der Waals surface area contributed by atoms with Gasteiger partial charge in [0.25, 0.3) is 5.56 Å². The number of rotatable bonds is 6. The van der Waals surface area contributed by atoms with Crippen molar-refractivity contribution in [3.8, 4) is 0 Å². The summed E-state index contributed by atoms with van der Waals surface area (Å²) in [5.74, 6) is 0.432. The lowest BCUT2D eigenvalue weighted by Gasteiger charge is -2.42. The maximum Gasteiger partial charge on any atom is 0.410 e. The third-order valence-corrected chi connectivity index (χ3v) is 9.19. The number of anilines is 2. The Morgan fingerprint density at radius 2 is 1.79 bits per heavy atom. The first kappa shape index (κ1) is 31.6. The van der Waals surface area contributed by atoms with Gasteiger partial charge in [-0.1, -0.05) is 11.6 Å². The Labute approximate surface area is 262 Å². The molecule has 0 spiro atoms. The van der Waals surface area contributed by atoms with Gasteiger partial charge in [0.15, 0.2) is 0 Å². The summed E-state index contributed by atoms with van der Waals surface area (Å²) in [6, 6.07) is 8.44. The van der Waals surface area contributed by atoms with Crippen LogP contribution in [0.4, 0.5) is 16.4 Å². The molecule has 0 bridgehead atoms. The fourth-order valence-electron chi connectivity index (χ4n) is 5.62. The second-order valence-electron chi connectivity index (χ2n) is 12.6. The van der Waals surface area contributed by atoms with E-state index < -0.39 is 5.60 Å². The van der Waals surface area contributed by atoms with E-state index in [0.717, 1.165) is 68.7 Å². The van der Waals surface area contributed by atoms with E-state index in [4.69, 9.17) is 16.3 Å². The molecule has 0 radical (unpaired) electrons. The first-order valence-corrected chi connectivity index (χ1v) is 16.1. The molecular weight excluding hydrogens is 586 g/mol. The molecule has 43 heavy (non-hydrogen) atoms. The third-order valence-electron chi connectivity index (χ3n) is 7.83. The smallest absolute Gasteiger partial charge is 0.410 e. The van der Waals surface area contributed by atoms with Crippen molar-refractivity contribution in [1.29, 1.82) is 0 Å². The lowest BCUT2D eigenvalue weighted by Crippen LogP contribution is -2.54. The number of hydrogen-bond acceptors (Lipinski definition) is 9. The molecule has 5 rings (SSSR count). The minimum Gasteiger partial charge on any atom is -0.444 e. The number of carbonyl (C=O) groups is 1. The molecule has 1 N–H and O–H groups in total. The molecule has 12 heteroatoms. The van der Waals surface area contributed by atoms with Crippen LogP contribution < -0.4 is 10.9 Å². The van der Waals surface area contributed by atoms with E-state index in [2.05, 4.69) is 49.6 Å². The molecular formula is C31H42ClN7O3S. The zero-order valence-electron chi connectivity index (χ0n) is 25.9. The maximum atomic E-state index is 12.6. The van der Waals surface area contributed by atoms with Crippen molar-refractivity contribution >= 4 is 52.3 Å². The molecule has 2 aliphatic rings. The summed E-state index contributed by atoms with van der Waals surface area (Å²) in [5.41, 5.74) is 1.84. The predicted octanol–water partition coefficient (Wildman–Crippen LogP) is 6.10. The van der Waals surface area contributed by atoms with E-state index in [1.165, 1.54) is 4.90 Å². The van der Waals surface area contributed by atoms with Gasteiger partial charge in [-0.15, -0.1) is 0 Å². The summed E-state index contributed by atoms with van der Waals surface area (Å²) < 4.78 is 9.59. The Bertz CT molecular complexity index is 1520. The van der Waals surface area contributed by atoms with E-state index in [1.807, 2.05) is 39.5 Å². The molecule has 2 fully saturated rings. The molecule has 4 heterocycles. The topological polar surface area (TPSA) is 95.8 Å². The zero-order valence-corrected chi connectivity index (χ0v) is 27.5. The van der Waals surface area contributed by atoms with Gasteiger partial charge in [0.05, 0.1) is 0 Å². The molecule has 232 valence electrons. The monoisotopic (exact) mass is 627 g/mol. The van der Waals surface area contributed by atoms with Crippen LogP contribution in [0, 0.1) is 6.92 Å². The van der Waals surface area contributed by atoms with Crippen LogP contribution in [0.15, 0.2) is 40.2 Å². The van der Waals surface area contributed by atoms with Crippen molar-refractivity contribution < 1.29 is 9.53 Å². The number of hydrogen-bond donors (Lipinski definition) is 1. The number of aryl methyl sites for hydroxylation is 1. The fourth-order valence-corrected chi connectivity index (χ4v) is 6.88. The lowest BCUT2D eigenvalue weighted by molar-refractivity contribution is 0.00764. The average Bonchev–Trinajstić information content (AvgIpc) is 2.95. The third kappa shape index (κ3) is 7.63. The molecule has 0 aliphatic carbocycles. The normalized spacial score (nSPS) is 17.5. The fraction of sp³-hybridized carbons (Fsp3) is 0.548. The number of benzene rings is 1. The Morgan fingerprint density at radius 3 is 2.42 bits per heavy atom. The molecule has 2 aromatic heterocycles. The van der Waals surface area contributed by atoms with Crippen molar-refractivity contribution in [2.24, 2.45) is 0 Å². The van der Waals surface area contributed by atoms with Crippen molar-refractivity contribution in [2.45, 2.75) is 77.0 Å². The SMILES string of the molecule is Cc1cc(SN2CCC(N3CCN(C(=O)OC(C)(C)C)CC3)CC2)ccc1Nc1ncc2cc(Cl)c(=O)n(C(C)C)c2n1. The molecule has 0 saturated carbocycles. The van der Waals surface area contributed by atoms with E-state index in [9.17, 15) is 9.59 Å². The highest BCUT2D eigenvalue weighted by Gasteiger charge is 2.31. The van der Waals surface area contributed by atoms with Gasteiger partial charge in [-0.25, -0.2) is 14.1 Å². The number of nitrogens with zero attached hydrogens (tertiary/aromatic N) is 6. The quantitative estimate of drug-likeness (QED) is 0.325. The summed E-state index contributed by atoms with van der Waals surface area (Å²) in [4.78, 5) is 39.7. The highest BCUT2D eigenvalue weighted by molar-refractivity contribution is 7.97. The van der Waals surface area contributed by atoms with Crippen LogP contribution in [0.3, 0.4) is 0 Å². The van der Waals surface area contributed by atoms with Crippen LogP contribution in [0.2, 0.25) is 5.02 Å². The minimum atomic E-state index is -0.462. The Hall–Kier alpha value is -2.86. The number of nitrogens with one attached hydrogen (secondary N) is 1. The van der Waals surface area contributed by atoms with Crippen molar-refractivity contribution in [3.63, 3.8) is 0 Å². The first-order chi connectivity index (χ1) is 20.4. The Morgan fingerprint density at radius 1 is 1.09 bits per heavy atom. The van der Waals surface area contributed by atoms with Crippen molar-refractivity contribution in [1.82, 2.24) is 28.6 Å². The van der Waals surface area contributed by atoms with Crippen molar-refractivity contribution in [2.75, 3.05) is 44.6 Å². The number of amides is 1. The standard InChI is InChI=1S/C31H42ClN7O3S/c1-20(2)39-27-22(18-25(32)28(39)40)19-33-29(35-27)34-26-8-7-24(17-21(26)3)43-38-11-9-23(10-12-38)36-13-15-37(16-14-36)30(41)42-31(4,5)6/h7-8,17-20,23H,9-16H2,1-6H3,(H,33,34,35). The van der Waals surface area contributed by atoms with Gasteiger partial charge in [-0.2, -0.15) is 4.98 Å². The first-order valence-electron chi connectivity index (χ1n) is 15.0. The van der Waals surface area contributed by atoms with Crippen LogP contribution in [0.25, 0.3) is 11.0 Å². The summed E-state index contributed by atoms with van der Waals surface area (Å²) in [6.07, 6.45) is 3.72. The van der Waals surface area contributed by atoms with E-state index in [-0.39, 0.29) is 22.7 Å². The molecule has 1 amide bonds. The maximum absolute atomic E-state index is 12.6. The number of piperidine rings is 1. The number of pyridine rings is 1. The number of aromatic nitrogens is 3. The lowest BCUT2D eigenvalue weighted by atomic mass is 10.0. The van der Waals surface area contributed by atoms with Gasteiger partial charge >= 0.3 is 6.09 Å². The Kier molecular flexibility index (Phi) is 9.55. The summed E-state index contributed by atoms with van der Waals surface area (Å²) in [5, 5.41) is 4.21. The van der Waals surface area contributed by atoms with Gasteiger partial charge in [0, 0.05) is 73.5 Å². The number of piperazine rings is 1. The molecule has 1 aromatic carbocycles. The van der Waals surface area contributed by atoms with E-state index >= 15 is 0 Å². The van der Waals surface area contributed by atoms with Crippen LogP contribution in [-0.2, 0) is 4.74 Å². The van der Waals surface area contributed by atoms with Gasteiger partial charge in [-0.05, 0) is 96.2 Å². The summed E-state index contributed by atoms with van der Waals surface area (Å²) in [7, 11) is 0. The van der Waals surface area contributed by atoms with Gasteiger partial charge in [0.1, 0.15) is 16.3 Å². The second kappa shape index (κ2) is 13.0. The second-order valence-corrected chi connectivity index (χ2v) is 14.2. The average molecular weight is 628 g/mol. The van der Waals surface area contributed by atoms with Crippen LogP contribution in [0.5, 0.6) is 0 Å². The molecule has 2 saturated heterocycles. The predicted molar refractivity (Wildman–Crippen MR) is 173 cm³/mol. The van der Waals surface area contributed by atoms with Crippen LogP contribution >= 0.6 is 23.5 Å². The molecule has 3 aromatic rings. The zero-order chi connectivity index (χ0) is 30.9. The summed E-state index contributed by atoms with van der Waals surface area (Å²) >= 11 is 7.95. The van der Waals surface area contributed by atoms with Crippen LogP contribution in [-0.4, -0.2) is 85.6 Å². The Balaban J connectivity index is 1.14. The van der Waals surface area contributed by atoms with Crippen molar-refractivity contribution in [3.05, 3.63) is 51.4 Å². The minimum absolute atomic E-state index is 0.0889. The van der Waals surface area contributed by atoms with Gasteiger partial charge in [-0.3, -0.25) is 14.3 Å². The molecule has 2 aliphatic heterocycles. The number of ether oxygens (including phenoxy) is 1. The molecule has 0 unspecified atom stereocenters.